The van der Waals surface area contributed by atoms with E-state index in [9.17, 15) is 39.5 Å². The Bertz CT molecular complexity index is 361. The minimum Gasteiger partial charge on any atom is -0.364 e. The number of rotatable bonds is 1. The van der Waals surface area contributed by atoms with Gasteiger partial charge < -0.3 is 4.74 Å². The summed E-state index contributed by atoms with van der Waals surface area (Å²) >= 11 is 0. The van der Waals surface area contributed by atoms with Crippen LogP contribution < -0.4 is 0 Å². The summed E-state index contributed by atoms with van der Waals surface area (Å²) in [6, 6.07) is 0. The van der Waals surface area contributed by atoms with E-state index in [4.69, 9.17) is 0 Å². The molecule has 0 aromatic rings. The molecule has 0 saturated carbocycles. The monoisotopic (exact) mass is 302 g/mol. The van der Waals surface area contributed by atoms with E-state index >= 15 is 0 Å². The second-order valence-electron chi connectivity index (χ2n) is 3.94. The molecule has 1 aliphatic rings. The zero-order valence-corrected chi connectivity index (χ0v) is 9.17. The number of ether oxygens (including phenoxy) is 1. The summed E-state index contributed by atoms with van der Waals surface area (Å²) in [5.74, 6) is 0. The number of hydrogen-bond donors (Lipinski definition) is 0. The van der Waals surface area contributed by atoms with E-state index < -0.39 is 36.0 Å². The molecule has 1 nitrogen and oxygen atoms in total. The molecule has 0 saturated heterocycles. The minimum atomic E-state index is -6.18. The normalized spacial score (nSPS) is 27.9. The second kappa shape index (κ2) is 4.03. The van der Waals surface area contributed by atoms with Gasteiger partial charge in [-0.05, 0) is 12.5 Å². The average Bonchev–Trinajstić information content (AvgIpc) is 2.55. The summed E-state index contributed by atoms with van der Waals surface area (Å²) in [5, 5.41) is 0. The first-order valence-corrected chi connectivity index (χ1v) is 4.70. The third-order valence-electron chi connectivity index (χ3n) is 3.12. The Kier molecular flexibility index (Phi) is 3.42. The molecular formula is C9H7F9O. The zero-order chi connectivity index (χ0) is 15.3. The van der Waals surface area contributed by atoms with E-state index in [1.54, 1.807) is 0 Å². The van der Waals surface area contributed by atoms with Gasteiger partial charge in [0.05, 0.1) is 0 Å². The molecule has 1 rings (SSSR count). The van der Waals surface area contributed by atoms with E-state index in [-0.39, 0.29) is 19.3 Å². The molecule has 1 atom stereocenters. The Labute approximate surface area is 101 Å². The van der Waals surface area contributed by atoms with Crippen molar-refractivity contribution in [3.8, 4) is 0 Å². The van der Waals surface area contributed by atoms with Crippen molar-refractivity contribution in [1.29, 1.82) is 0 Å². The largest absolute Gasteiger partial charge is 0.422 e. The lowest BCUT2D eigenvalue weighted by molar-refractivity contribution is -0.419. The SMILES string of the molecule is COC1(C(F)(F)F)C=CCC1(C(F)(F)F)C(F)(F)F. The van der Waals surface area contributed by atoms with E-state index in [0.717, 1.165) is 0 Å². The van der Waals surface area contributed by atoms with Gasteiger partial charge in [0.2, 0.25) is 11.0 Å². The Hall–Kier alpha value is -0.930. The highest BCUT2D eigenvalue weighted by Crippen LogP contribution is 2.66. The van der Waals surface area contributed by atoms with Gasteiger partial charge in [-0.3, -0.25) is 0 Å². The Balaban J connectivity index is 3.67. The van der Waals surface area contributed by atoms with Crippen LogP contribution in [-0.4, -0.2) is 31.2 Å². The maximum absolute atomic E-state index is 12.8. The van der Waals surface area contributed by atoms with Gasteiger partial charge in [0, 0.05) is 7.11 Å². The number of halogens is 9. The van der Waals surface area contributed by atoms with Crippen molar-refractivity contribution in [2.45, 2.75) is 30.6 Å². The lowest BCUT2D eigenvalue weighted by atomic mass is 9.71. The summed E-state index contributed by atoms with van der Waals surface area (Å²) in [4.78, 5) is 0. The molecule has 112 valence electrons. The topological polar surface area (TPSA) is 9.23 Å². The number of alkyl halides is 9. The molecule has 0 bridgehead atoms. The van der Waals surface area contributed by atoms with Crippen molar-refractivity contribution in [1.82, 2.24) is 0 Å². The Morgan fingerprint density at radius 3 is 1.47 bits per heavy atom. The van der Waals surface area contributed by atoms with Gasteiger partial charge in [-0.2, -0.15) is 39.5 Å². The van der Waals surface area contributed by atoms with Crippen molar-refractivity contribution in [3.05, 3.63) is 12.2 Å². The van der Waals surface area contributed by atoms with Crippen LogP contribution in [0.3, 0.4) is 0 Å². The molecule has 0 heterocycles. The van der Waals surface area contributed by atoms with Crippen LogP contribution >= 0.6 is 0 Å². The number of hydrogen-bond acceptors (Lipinski definition) is 1. The van der Waals surface area contributed by atoms with Crippen LogP contribution in [0.25, 0.3) is 0 Å². The highest BCUT2D eigenvalue weighted by molar-refractivity contribution is 5.28. The van der Waals surface area contributed by atoms with Gasteiger partial charge >= 0.3 is 18.5 Å². The van der Waals surface area contributed by atoms with Gasteiger partial charge in [0.1, 0.15) is 0 Å². The molecule has 0 aliphatic heterocycles. The maximum Gasteiger partial charge on any atom is 0.422 e. The zero-order valence-electron chi connectivity index (χ0n) is 9.17. The molecule has 0 amide bonds. The number of methoxy groups -OCH3 is 1. The van der Waals surface area contributed by atoms with Crippen LogP contribution in [0.15, 0.2) is 12.2 Å². The predicted molar refractivity (Wildman–Crippen MR) is 44.1 cm³/mol. The number of allylic oxidation sites excluding steroid dienone is 1. The first kappa shape index (κ1) is 16.1. The standard InChI is InChI=1S/C9H7F9O/c1-19-6(9(16,17)18)4-2-3-5(6,7(10,11)12)8(13,14)15/h2,4H,3H2,1H3. The lowest BCUT2D eigenvalue weighted by Gasteiger charge is -2.46. The van der Waals surface area contributed by atoms with Gasteiger partial charge in [-0.1, -0.05) is 6.08 Å². The molecule has 0 radical (unpaired) electrons. The maximum atomic E-state index is 12.8. The molecular weight excluding hydrogens is 295 g/mol. The summed E-state index contributed by atoms with van der Waals surface area (Å²) in [5.41, 5.74) is -9.52. The van der Waals surface area contributed by atoms with E-state index in [0.29, 0.717) is 0 Å². The van der Waals surface area contributed by atoms with E-state index in [1.807, 2.05) is 0 Å². The Morgan fingerprint density at radius 2 is 1.26 bits per heavy atom. The summed E-state index contributed by atoms with van der Waals surface area (Å²) in [6.07, 6.45) is -20.2. The quantitative estimate of drug-likeness (QED) is 0.525. The first-order chi connectivity index (χ1) is 8.27. The van der Waals surface area contributed by atoms with Crippen LogP contribution in [0.5, 0.6) is 0 Å². The molecule has 0 fully saturated rings. The van der Waals surface area contributed by atoms with Crippen molar-refractivity contribution in [2.75, 3.05) is 7.11 Å². The first-order valence-electron chi connectivity index (χ1n) is 4.70. The van der Waals surface area contributed by atoms with Crippen molar-refractivity contribution < 1.29 is 44.3 Å². The fourth-order valence-electron chi connectivity index (χ4n) is 2.20. The predicted octanol–water partition coefficient (Wildman–Crippen LogP) is 4.00. The molecule has 0 spiro atoms. The lowest BCUT2D eigenvalue weighted by Crippen LogP contribution is -2.68. The molecule has 19 heavy (non-hydrogen) atoms. The van der Waals surface area contributed by atoms with Crippen LogP contribution in [0.4, 0.5) is 39.5 Å². The molecule has 1 aliphatic carbocycles. The van der Waals surface area contributed by atoms with Gasteiger partial charge in [-0.15, -0.1) is 0 Å². The van der Waals surface area contributed by atoms with Gasteiger partial charge in [0.15, 0.2) is 0 Å². The average molecular weight is 302 g/mol. The van der Waals surface area contributed by atoms with Gasteiger partial charge in [0.25, 0.3) is 0 Å². The van der Waals surface area contributed by atoms with Crippen LogP contribution in [-0.2, 0) is 4.74 Å². The Morgan fingerprint density at radius 1 is 0.842 bits per heavy atom. The van der Waals surface area contributed by atoms with Gasteiger partial charge in [-0.25, -0.2) is 0 Å². The van der Waals surface area contributed by atoms with Crippen LogP contribution in [0.2, 0.25) is 0 Å². The molecule has 1 unspecified atom stereocenters. The summed E-state index contributed by atoms with van der Waals surface area (Å²) in [6.45, 7) is 0. The molecule has 10 heteroatoms. The molecule has 0 aromatic carbocycles. The van der Waals surface area contributed by atoms with Crippen molar-refractivity contribution in [3.63, 3.8) is 0 Å². The third-order valence-corrected chi connectivity index (χ3v) is 3.12. The van der Waals surface area contributed by atoms with Crippen molar-refractivity contribution >= 4 is 0 Å². The van der Waals surface area contributed by atoms with E-state index in [1.165, 1.54) is 0 Å². The van der Waals surface area contributed by atoms with Crippen molar-refractivity contribution in [2.24, 2.45) is 5.41 Å². The molecule has 0 aromatic heterocycles. The third kappa shape index (κ3) is 1.83. The second-order valence-corrected chi connectivity index (χ2v) is 3.94. The van der Waals surface area contributed by atoms with E-state index in [2.05, 4.69) is 4.74 Å². The molecule has 0 N–H and O–H groups in total. The summed E-state index contributed by atoms with van der Waals surface area (Å²) in [7, 11) is 0.162. The van der Waals surface area contributed by atoms with Crippen LogP contribution in [0, 0.1) is 5.41 Å². The highest BCUT2D eigenvalue weighted by atomic mass is 19.4. The minimum absolute atomic E-state index is 0.162. The van der Waals surface area contributed by atoms with Crippen LogP contribution in [0.1, 0.15) is 6.42 Å². The highest BCUT2D eigenvalue weighted by Gasteiger charge is 2.86. The summed E-state index contributed by atoms with van der Waals surface area (Å²) < 4.78 is 119. The fourth-order valence-corrected chi connectivity index (χ4v) is 2.20. The smallest absolute Gasteiger partial charge is 0.364 e. The fraction of sp³-hybridized carbons (Fsp3) is 0.778.